The van der Waals surface area contributed by atoms with Crippen molar-refractivity contribution < 1.29 is 23.6 Å². The topological polar surface area (TPSA) is 86.5 Å². The van der Waals surface area contributed by atoms with Gasteiger partial charge in [0.05, 0.1) is 17.6 Å². The number of Topliss-reactive ketones (excluding diaryl/α,β-unsaturated/α-hetero) is 1. The molecule has 0 aliphatic rings. The summed E-state index contributed by atoms with van der Waals surface area (Å²) in [7, 11) is 1.08. The Morgan fingerprint density at radius 2 is 2.12 bits per heavy atom. The van der Waals surface area contributed by atoms with Crippen LogP contribution in [-0.4, -0.2) is 23.8 Å². The van der Waals surface area contributed by atoms with Gasteiger partial charge in [-0.15, -0.1) is 0 Å². The van der Waals surface area contributed by atoms with Crippen LogP contribution in [0.3, 0.4) is 0 Å². The fourth-order valence-electron chi connectivity index (χ4n) is 1.14. The lowest BCUT2D eigenvalue weighted by atomic mass is 10.1. The third-order valence-corrected chi connectivity index (χ3v) is 1.99. The van der Waals surface area contributed by atoms with Crippen molar-refractivity contribution in [1.82, 2.24) is 0 Å². The largest absolute Gasteiger partial charge is 0.469 e. The summed E-state index contributed by atoms with van der Waals surface area (Å²) in [5.74, 6) is -2.61. The molecule has 17 heavy (non-hydrogen) atoms. The number of hydrogen-bond acceptors (Lipinski definition) is 5. The Balaban J connectivity index is 3.04. The number of esters is 1. The first-order valence-electron chi connectivity index (χ1n) is 4.49. The molecule has 1 aromatic rings. The molecule has 0 fully saturated rings. The molecule has 0 spiro atoms. The van der Waals surface area contributed by atoms with Crippen LogP contribution in [0.4, 0.5) is 10.1 Å². The average molecular weight is 241 g/mol. The highest BCUT2D eigenvalue weighted by molar-refractivity contribution is 6.06. The molecule has 0 aromatic heterocycles. The molecule has 0 heterocycles. The average Bonchev–Trinajstić information content (AvgIpc) is 2.28. The number of methoxy groups -OCH3 is 1. The van der Waals surface area contributed by atoms with Crippen LogP contribution in [0.25, 0.3) is 0 Å². The second-order valence-corrected chi connectivity index (χ2v) is 3.10. The van der Waals surface area contributed by atoms with Crippen molar-refractivity contribution in [3.63, 3.8) is 0 Å². The van der Waals surface area contributed by atoms with E-state index < -0.39 is 40.2 Å². The number of ketones is 1. The van der Waals surface area contributed by atoms with E-state index >= 15 is 0 Å². The van der Waals surface area contributed by atoms with E-state index in [1.165, 1.54) is 0 Å². The predicted octanol–water partition coefficient (Wildman–Crippen LogP) is 1.48. The van der Waals surface area contributed by atoms with Crippen LogP contribution in [0.1, 0.15) is 16.8 Å². The molecule has 0 N–H and O–H groups in total. The minimum Gasteiger partial charge on any atom is -0.469 e. The zero-order valence-corrected chi connectivity index (χ0v) is 8.81. The zero-order chi connectivity index (χ0) is 13.0. The first kappa shape index (κ1) is 12.8. The number of ether oxygens (including phenoxy) is 1. The minimum absolute atomic E-state index is 0.417. The number of non-ortho nitro benzene ring substituents is 1. The van der Waals surface area contributed by atoms with Crippen molar-refractivity contribution >= 4 is 17.4 Å². The smallest absolute Gasteiger partial charge is 0.313 e. The van der Waals surface area contributed by atoms with Gasteiger partial charge in [-0.1, -0.05) is 0 Å². The van der Waals surface area contributed by atoms with Gasteiger partial charge < -0.3 is 4.74 Å². The highest BCUT2D eigenvalue weighted by atomic mass is 19.1. The quantitative estimate of drug-likeness (QED) is 0.262. The first-order chi connectivity index (χ1) is 7.95. The Hall–Kier alpha value is -2.31. The molecule has 0 radical (unpaired) electrons. The summed E-state index contributed by atoms with van der Waals surface area (Å²) in [6, 6.07) is 2.54. The first-order valence-corrected chi connectivity index (χ1v) is 4.49. The SMILES string of the molecule is COC(=O)CC(=O)c1cc([N+](=O)[O-])ccc1F. The Labute approximate surface area is 95.1 Å². The van der Waals surface area contributed by atoms with E-state index in [9.17, 15) is 24.1 Å². The highest BCUT2D eigenvalue weighted by Crippen LogP contribution is 2.18. The van der Waals surface area contributed by atoms with Crippen LogP contribution >= 0.6 is 0 Å². The van der Waals surface area contributed by atoms with Crippen molar-refractivity contribution in [3.8, 4) is 0 Å². The molecular formula is C10H8FNO5. The molecular weight excluding hydrogens is 233 g/mol. The molecule has 0 aliphatic heterocycles. The van der Waals surface area contributed by atoms with Crippen LogP contribution in [0.15, 0.2) is 18.2 Å². The molecule has 1 aromatic carbocycles. The molecule has 0 saturated carbocycles. The molecule has 0 atom stereocenters. The van der Waals surface area contributed by atoms with Crippen molar-refractivity contribution in [2.45, 2.75) is 6.42 Å². The lowest BCUT2D eigenvalue weighted by Crippen LogP contribution is -2.11. The third-order valence-electron chi connectivity index (χ3n) is 1.99. The Bertz CT molecular complexity index is 486. The number of benzene rings is 1. The predicted molar refractivity (Wildman–Crippen MR) is 54.0 cm³/mol. The molecule has 7 heteroatoms. The fourth-order valence-corrected chi connectivity index (χ4v) is 1.14. The van der Waals surface area contributed by atoms with E-state index in [1.54, 1.807) is 0 Å². The number of nitrogens with zero attached hydrogens (tertiary/aromatic N) is 1. The molecule has 90 valence electrons. The second-order valence-electron chi connectivity index (χ2n) is 3.10. The lowest BCUT2D eigenvalue weighted by molar-refractivity contribution is -0.384. The van der Waals surface area contributed by atoms with Crippen molar-refractivity contribution in [2.75, 3.05) is 7.11 Å². The number of nitro benzene ring substituents is 1. The van der Waals surface area contributed by atoms with E-state index in [0.717, 1.165) is 25.3 Å². The van der Waals surface area contributed by atoms with Gasteiger partial charge in [0.25, 0.3) is 5.69 Å². The number of halogens is 1. The molecule has 0 bridgehead atoms. The van der Waals surface area contributed by atoms with E-state index in [0.29, 0.717) is 0 Å². The van der Waals surface area contributed by atoms with Gasteiger partial charge in [0.15, 0.2) is 5.78 Å². The summed E-state index contributed by atoms with van der Waals surface area (Å²) in [5, 5.41) is 10.4. The zero-order valence-electron chi connectivity index (χ0n) is 8.81. The van der Waals surface area contributed by atoms with Crippen LogP contribution in [0.5, 0.6) is 0 Å². The lowest BCUT2D eigenvalue weighted by Gasteiger charge is -2.01. The van der Waals surface area contributed by atoms with Gasteiger partial charge in [0.1, 0.15) is 12.2 Å². The number of rotatable bonds is 4. The number of carbonyl (C=O) groups is 2. The van der Waals surface area contributed by atoms with Gasteiger partial charge in [-0.05, 0) is 6.07 Å². The molecule has 0 unspecified atom stereocenters. The summed E-state index contributed by atoms with van der Waals surface area (Å²) < 4.78 is 17.5. The standard InChI is InChI=1S/C10H8FNO5/c1-17-10(14)5-9(13)7-4-6(12(15)16)2-3-8(7)11/h2-4H,5H2,1H3. The normalized spacial score (nSPS) is 9.76. The Morgan fingerprint density at radius 1 is 1.47 bits per heavy atom. The van der Waals surface area contributed by atoms with Crippen LogP contribution in [-0.2, 0) is 9.53 Å². The summed E-state index contributed by atoms with van der Waals surface area (Å²) in [5.41, 5.74) is -0.913. The van der Waals surface area contributed by atoms with Crippen LogP contribution in [0, 0.1) is 15.9 Å². The second kappa shape index (κ2) is 5.15. The maximum atomic E-state index is 13.2. The van der Waals surface area contributed by atoms with E-state index in [2.05, 4.69) is 4.74 Å². The summed E-state index contributed by atoms with van der Waals surface area (Å²) in [6.07, 6.45) is -0.658. The summed E-state index contributed by atoms with van der Waals surface area (Å²) in [4.78, 5) is 32.0. The molecule has 6 nitrogen and oxygen atoms in total. The van der Waals surface area contributed by atoms with Gasteiger partial charge >= 0.3 is 5.97 Å². The monoisotopic (exact) mass is 241 g/mol. The minimum atomic E-state index is -0.912. The maximum Gasteiger partial charge on any atom is 0.313 e. The van der Waals surface area contributed by atoms with Crippen LogP contribution < -0.4 is 0 Å². The van der Waals surface area contributed by atoms with E-state index in [-0.39, 0.29) is 0 Å². The number of nitro groups is 1. The third kappa shape index (κ3) is 3.07. The number of hydrogen-bond donors (Lipinski definition) is 0. The van der Waals surface area contributed by atoms with Crippen molar-refractivity contribution in [1.29, 1.82) is 0 Å². The Morgan fingerprint density at radius 3 is 2.65 bits per heavy atom. The highest BCUT2D eigenvalue weighted by Gasteiger charge is 2.19. The maximum absolute atomic E-state index is 13.2. The number of carbonyl (C=O) groups excluding carboxylic acids is 2. The summed E-state index contributed by atoms with van der Waals surface area (Å²) >= 11 is 0. The van der Waals surface area contributed by atoms with Crippen LogP contribution in [0.2, 0.25) is 0 Å². The van der Waals surface area contributed by atoms with Gasteiger partial charge in [0, 0.05) is 12.1 Å². The van der Waals surface area contributed by atoms with Gasteiger partial charge in [-0.3, -0.25) is 19.7 Å². The summed E-state index contributed by atoms with van der Waals surface area (Å²) in [6.45, 7) is 0. The van der Waals surface area contributed by atoms with Crippen molar-refractivity contribution in [3.05, 3.63) is 39.7 Å². The van der Waals surface area contributed by atoms with E-state index in [1.807, 2.05) is 0 Å². The molecule has 0 saturated heterocycles. The van der Waals surface area contributed by atoms with E-state index in [4.69, 9.17) is 0 Å². The Kier molecular flexibility index (Phi) is 3.86. The molecule has 1 rings (SSSR count). The molecule has 0 aliphatic carbocycles. The molecule has 0 amide bonds. The van der Waals surface area contributed by atoms with Gasteiger partial charge in [0.2, 0.25) is 0 Å². The van der Waals surface area contributed by atoms with Crippen molar-refractivity contribution in [2.24, 2.45) is 0 Å². The van der Waals surface area contributed by atoms with Gasteiger partial charge in [-0.2, -0.15) is 0 Å². The van der Waals surface area contributed by atoms with Gasteiger partial charge in [-0.25, -0.2) is 4.39 Å². The fraction of sp³-hybridized carbons (Fsp3) is 0.200.